The van der Waals surface area contributed by atoms with Crippen molar-refractivity contribution in [1.82, 2.24) is 19.5 Å². The van der Waals surface area contributed by atoms with Gasteiger partial charge in [0, 0.05) is 12.2 Å². The van der Waals surface area contributed by atoms with Crippen molar-refractivity contribution in [2.24, 2.45) is 0 Å². The molecule has 0 saturated carbocycles. The molecule has 0 spiro atoms. The molecule has 0 aliphatic heterocycles. The first kappa shape index (κ1) is 16.4. The Morgan fingerprint density at radius 2 is 1.88 bits per heavy atom. The largest absolute Gasteiger partial charge is 0.244 e. The second kappa shape index (κ2) is 6.94. The fourth-order valence-electron chi connectivity index (χ4n) is 2.39. The zero-order valence-corrected chi connectivity index (χ0v) is 14.0. The number of pyridine rings is 1. The van der Waals surface area contributed by atoms with Crippen LogP contribution in [0.1, 0.15) is 24.9 Å². The summed E-state index contributed by atoms with van der Waals surface area (Å²) in [7, 11) is -3.67. The minimum atomic E-state index is -3.67. The van der Waals surface area contributed by atoms with E-state index in [0.29, 0.717) is 12.2 Å². The topological polar surface area (TPSA) is 76.9 Å². The maximum Gasteiger partial charge on any atom is 0.244 e. The average Bonchev–Trinajstić information content (AvgIpc) is 3.12. The molecule has 1 N–H and O–H groups in total. The van der Waals surface area contributed by atoms with Crippen LogP contribution in [0.15, 0.2) is 72.0 Å². The van der Waals surface area contributed by atoms with E-state index in [0.717, 1.165) is 5.56 Å². The molecule has 24 heavy (non-hydrogen) atoms. The zero-order valence-electron chi connectivity index (χ0n) is 13.2. The van der Waals surface area contributed by atoms with E-state index in [2.05, 4.69) is 14.8 Å². The van der Waals surface area contributed by atoms with Crippen molar-refractivity contribution in [1.29, 1.82) is 0 Å². The van der Waals surface area contributed by atoms with Crippen LogP contribution < -0.4 is 4.72 Å². The molecule has 0 aliphatic carbocycles. The normalized spacial score (nSPS) is 12.9. The Bertz CT molecular complexity index is 893. The van der Waals surface area contributed by atoms with Crippen LogP contribution in [0.4, 0.5) is 0 Å². The van der Waals surface area contributed by atoms with Crippen molar-refractivity contribution in [3.05, 3.63) is 72.7 Å². The van der Waals surface area contributed by atoms with E-state index in [1.54, 1.807) is 18.3 Å². The minimum absolute atomic E-state index is 0.113. The molecular formula is C17H18N4O2S. The third-order valence-corrected chi connectivity index (χ3v) is 5.09. The Morgan fingerprint density at radius 3 is 2.54 bits per heavy atom. The predicted molar refractivity (Wildman–Crippen MR) is 91.2 cm³/mol. The molecule has 0 bridgehead atoms. The molecule has 2 heterocycles. The first-order valence-electron chi connectivity index (χ1n) is 7.63. The van der Waals surface area contributed by atoms with Gasteiger partial charge in [0.15, 0.2) is 5.82 Å². The Labute approximate surface area is 141 Å². The number of hydrogen-bond acceptors (Lipinski definition) is 4. The van der Waals surface area contributed by atoms with Crippen LogP contribution >= 0.6 is 0 Å². The van der Waals surface area contributed by atoms with Crippen LogP contribution in [-0.4, -0.2) is 23.2 Å². The van der Waals surface area contributed by atoms with Gasteiger partial charge in [0.1, 0.15) is 4.90 Å². The lowest BCUT2D eigenvalue weighted by molar-refractivity contribution is 0.550. The molecule has 3 aromatic rings. The number of sulfonamides is 1. The molecule has 2 aromatic heterocycles. The average molecular weight is 342 g/mol. The molecule has 0 saturated heterocycles. The molecule has 124 valence electrons. The summed E-state index contributed by atoms with van der Waals surface area (Å²) in [5.74, 6) is 0.564. The highest BCUT2D eigenvalue weighted by Crippen LogP contribution is 2.20. The number of aromatic nitrogens is 3. The van der Waals surface area contributed by atoms with Gasteiger partial charge in [-0.1, -0.05) is 43.3 Å². The van der Waals surface area contributed by atoms with E-state index in [1.165, 1.54) is 17.1 Å². The maximum atomic E-state index is 12.6. The molecular weight excluding hydrogens is 324 g/mol. The van der Waals surface area contributed by atoms with Gasteiger partial charge in [0.2, 0.25) is 10.0 Å². The highest BCUT2D eigenvalue weighted by Gasteiger charge is 2.22. The minimum Gasteiger partial charge on any atom is -0.237 e. The molecule has 7 heteroatoms. The third-order valence-electron chi connectivity index (χ3n) is 3.66. The van der Waals surface area contributed by atoms with Gasteiger partial charge in [-0.05, 0) is 24.1 Å². The van der Waals surface area contributed by atoms with Crippen LogP contribution in [-0.2, 0) is 10.0 Å². The van der Waals surface area contributed by atoms with E-state index < -0.39 is 10.0 Å². The fourth-order valence-corrected chi connectivity index (χ4v) is 3.63. The first-order valence-corrected chi connectivity index (χ1v) is 9.12. The number of hydrogen-bond donors (Lipinski definition) is 1. The molecule has 0 radical (unpaired) electrons. The van der Waals surface area contributed by atoms with Gasteiger partial charge in [-0.2, -0.15) is 5.10 Å². The van der Waals surface area contributed by atoms with Crippen molar-refractivity contribution in [3.63, 3.8) is 0 Å². The summed E-state index contributed by atoms with van der Waals surface area (Å²) < 4.78 is 29.5. The van der Waals surface area contributed by atoms with Gasteiger partial charge in [-0.3, -0.25) is 0 Å². The maximum absolute atomic E-state index is 12.6. The number of benzene rings is 1. The lowest BCUT2D eigenvalue weighted by Gasteiger charge is -2.16. The lowest BCUT2D eigenvalue weighted by atomic mass is 10.1. The number of nitrogens with zero attached hydrogens (tertiary/aromatic N) is 3. The Hall–Kier alpha value is -2.51. The summed E-state index contributed by atoms with van der Waals surface area (Å²) in [6.45, 7) is 1.94. The second-order valence-electron chi connectivity index (χ2n) is 5.30. The Balaban J connectivity index is 1.84. The van der Waals surface area contributed by atoms with Crippen LogP contribution in [0.25, 0.3) is 5.82 Å². The van der Waals surface area contributed by atoms with Gasteiger partial charge in [0.05, 0.1) is 12.4 Å². The van der Waals surface area contributed by atoms with Crippen molar-refractivity contribution >= 4 is 10.0 Å². The van der Waals surface area contributed by atoms with E-state index in [9.17, 15) is 8.42 Å². The first-order chi connectivity index (χ1) is 11.6. The molecule has 3 rings (SSSR count). The standard InChI is InChI=1S/C17H18N4O2S/c1-2-16(14-8-4-3-5-9-14)20-24(22,23)15-12-19-21(13-15)17-10-6-7-11-18-17/h3-13,16,20H,2H2,1H3. The monoisotopic (exact) mass is 342 g/mol. The lowest BCUT2D eigenvalue weighted by Crippen LogP contribution is -2.28. The smallest absolute Gasteiger partial charge is 0.237 e. The van der Waals surface area contributed by atoms with E-state index in [4.69, 9.17) is 0 Å². The quantitative estimate of drug-likeness (QED) is 0.747. The highest BCUT2D eigenvalue weighted by molar-refractivity contribution is 7.89. The van der Waals surface area contributed by atoms with Gasteiger partial charge in [-0.25, -0.2) is 22.8 Å². The Morgan fingerprint density at radius 1 is 1.12 bits per heavy atom. The van der Waals surface area contributed by atoms with Crippen LogP contribution in [0.2, 0.25) is 0 Å². The summed E-state index contributed by atoms with van der Waals surface area (Å²) in [6.07, 6.45) is 5.07. The number of rotatable bonds is 6. The van der Waals surface area contributed by atoms with E-state index in [-0.39, 0.29) is 10.9 Å². The molecule has 0 amide bonds. The van der Waals surface area contributed by atoms with E-state index >= 15 is 0 Å². The summed E-state index contributed by atoms with van der Waals surface area (Å²) in [5, 5.41) is 4.09. The van der Waals surface area contributed by atoms with Gasteiger partial charge < -0.3 is 0 Å². The summed E-state index contributed by atoms with van der Waals surface area (Å²) in [4.78, 5) is 4.27. The summed E-state index contributed by atoms with van der Waals surface area (Å²) >= 11 is 0. The third kappa shape index (κ3) is 3.52. The van der Waals surface area contributed by atoms with Crippen molar-refractivity contribution < 1.29 is 8.42 Å². The van der Waals surface area contributed by atoms with E-state index in [1.807, 2.05) is 43.3 Å². The molecule has 0 fully saturated rings. The van der Waals surface area contributed by atoms with Gasteiger partial charge in [0.25, 0.3) is 0 Å². The zero-order chi connectivity index (χ0) is 17.0. The Kier molecular flexibility index (Phi) is 4.73. The summed E-state index contributed by atoms with van der Waals surface area (Å²) in [5.41, 5.74) is 0.931. The van der Waals surface area contributed by atoms with Crippen LogP contribution in [0.5, 0.6) is 0 Å². The van der Waals surface area contributed by atoms with Gasteiger partial charge in [-0.15, -0.1) is 0 Å². The van der Waals surface area contributed by atoms with Crippen molar-refractivity contribution in [2.45, 2.75) is 24.3 Å². The molecule has 1 atom stereocenters. The highest BCUT2D eigenvalue weighted by atomic mass is 32.2. The molecule has 6 nitrogen and oxygen atoms in total. The van der Waals surface area contributed by atoms with Crippen LogP contribution in [0, 0.1) is 0 Å². The SMILES string of the molecule is CCC(NS(=O)(=O)c1cnn(-c2ccccn2)c1)c1ccccc1. The summed E-state index contributed by atoms with van der Waals surface area (Å²) in [6, 6.07) is 14.6. The molecule has 0 aliphatic rings. The van der Waals surface area contributed by atoms with Crippen molar-refractivity contribution in [3.8, 4) is 5.82 Å². The predicted octanol–water partition coefficient (Wildman–Crippen LogP) is 2.70. The van der Waals surface area contributed by atoms with Crippen LogP contribution in [0.3, 0.4) is 0 Å². The van der Waals surface area contributed by atoms with Gasteiger partial charge >= 0.3 is 0 Å². The molecule has 1 aromatic carbocycles. The number of nitrogens with one attached hydrogen (secondary N) is 1. The molecule has 1 unspecified atom stereocenters. The fraction of sp³-hybridized carbons (Fsp3) is 0.176. The second-order valence-corrected chi connectivity index (χ2v) is 7.02. The van der Waals surface area contributed by atoms with Crippen molar-refractivity contribution in [2.75, 3.05) is 0 Å².